The van der Waals surface area contributed by atoms with Gasteiger partial charge in [0.2, 0.25) is 0 Å². The lowest BCUT2D eigenvalue weighted by atomic mass is 10.1. The van der Waals surface area contributed by atoms with Crippen LogP contribution in [-0.2, 0) is 11.3 Å². The maximum absolute atomic E-state index is 12.4. The van der Waals surface area contributed by atoms with Crippen LogP contribution in [0.15, 0.2) is 48.5 Å². The average Bonchev–Trinajstić information content (AvgIpc) is 2.73. The molecular weight excluding hydrogens is 366 g/mol. The zero-order valence-electron chi connectivity index (χ0n) is 17.1. The van der Waals surface area contributed by atoms with Crippen LogP contribution in [0.4, 0.5) is 0 Å². The molecule has 0 aliphatic carbocycles. The van der Waals surface area contributed by atoms with Crippen molar-refractivity contribution in [1.29, 1.82) is 0 Å². The summed E-state index contributed by atoms with van der Waals surface area (Å²) in [5.74, 6) is 1.60. The minimum atomic E-state index is -0.139. The van der Waals surface area contributed by atoms with Crippen molar-refractivity contribution in [2.45, 2.75) is 19.6 Å². The Hall–Kier alpha value is -2.57. The molecule has 2 aliphatic rings. The van der Waals surface area contributed by atoms with Crippen LogP contribution in [0, 0.1) is 6.92 Å². The molecule has 2 aliphatic heterocycles. The first-order valence-corrected chi connectivity index (χ1v) is 10.5. The molecule has 0 unspecified atom stereocenters. The Bertz CT molecular complexity index is 834. The first-order valence-electron chi connectivity index (χ1n) is 10.5. The predicted molar refractivity (Wildman–Crippen MR) is 111 cm³/mol. The summed E-state index contributed by atoms with van der Waals surface area (Å²) < 4.78 is 11.6. The van der Waals surface area contributed by atoms with Gasteiger partial charge in [0.15, 0.2) is 18.0 Å². The molecule has 0 bridgehead atoms. The van der Waals surface area contributed by atoms with Gasteiger partial charge >= 0.3 is 0 Å². The molecule has 3 N–H and O–H groups in total. The molecule has 1 fully saturated rings. The molecule has 0 aromatic heterocycles. The van der Waals surface area contributed by atoms with Crippen molar-refractivity contribution in [2.75, 3.05) is 45.9 Å². The number of para-hydroxylation sites is 2. The molecule has 0 radical (unpaired) electrons. The molecule has 2 heterocycles. The molecule has 29 heavy (non-hydrogen) atoms. The SMILES string of the molecule is Cc1cccc(C[NH+]2CC[NH+](CC(=O)NC[C@@H]3COc4ccccc4O3)CC2)c1. The van der Waals surface area contributed by atoms with Crippen LogP contribution in [0.25, 0.3) is 0 Å². The van der Waals surface area contributed by atoms with Gasteiger partial charge in [-0.3, -0.25) is 4.79 Å². The fourth-order valence-corrected chi connectivity index (χ4v) is 4.10. The standard InChI is InChI=1S/C23H29N3O3/c1-18-5-4-6-19(13-18)15-25-9-11-26(12-10-25)16-23(27)24-14-20-17-28-21-7-2-3-8-22(21)29-20/h2-8,13,20H,9-12,14-17H2,1H3,(H,24,27)/p+2/t20-/m1/s1. The van der Waals surface area contributed by atoms with Crippen molar-refractivity contribution in [1.82, 2.24) is 5.32 Å². The number of benzene rings is 2. The molecule has 1 amide bonds. The Morgan fingerprint density at radius 1 is 1.03 bits per heavy atom. The first kappa shape index (κ1) is 19.7. The number of hydrogen-bond acceptors (Lipinski definition) is 3. The normalized spacial score (nSPS) is 23.4. The highest BCUT2D eigenvalue weighted by Crippen LogP contribution is 2.30. The van der Waals surface area contributed by atoms with Gasteiger partial charge in [0.1, 0.15) is 45.4 Å². The molecule has 1 atom stereocenters. The van der Waals surface area contributed by atoms with Crippen LogP contribution in [0.3, 0.4) is 0 Å². The summed E-state index contributed by atoms with van der Waals surface area (Å²) in [4.78, 5) is 15.3. The maximum atomic E-state index is 12.4. The van der Waals surface area contributed by atoms with E-state index in [1.807, 2.05) is 24.3 Å². The number of ether oxygens (including phenoxy) is 2. The number of carbonyl (C=O) groups is 1. The second kappa shape index (κ2) is 9.29. The fraction of sp³-hybridized carbons (Fsp3) is 0.435. The molecule has 4 rings (SSSR count). The van der Waals surface area contributed by atoms with Crippen LogP contribution in [-0.4, -0.2) is 57.9 Å². The summed E-state index contributed by atoms with van der Waals surface area (Å²) in [7, 11) is 0. The third kappa shape index (κ3) is 5.49. The second-order valence-electron chi connectivity index (χ2n) is 8.14. The Morgan fingerprint density at radius 2 is 1.79 bits per heavy atom. The molecule has 1 saturated heterocycles. The van der Waals surface area contributed by atoms with Gasteiger partial charge in [-0.15, -0.1) is 0 Å². The van der Waals surface area contributed by atoms with Gasteiger partial charge < -0.3 is 24.6 Å². The maximum Gasteiger partial charge on any atom is 0.275 e. The molecule has 2 aromatic rings. The lowest BCUT2D eigenvalue weighted by Gasteiger charge is -2.30. The van der Waals surface area contributed by atoms with E-state index >= 15 is 0 Å². The van der Waals surface area contributed by atoms with Crippen LogP contribution in [0.1, 0.15) is 11.1 Å². The van der Waals surface area contributed by atoms with Crippen LogP contribution < -0.4 is 24.6 Å². The lowest BCUT2D eigenvalue weighted by Crippen LogP contribution is -3.28. The van der Waals surface area contributed by atoms with Crippen molar-refractivity contribution in [3.8, 4) is 11.5 Å². The fourth-order valence-electron chi connectivity index (χ4n) is 4.10. The summed E-state index contributed by atoms with van der Waals surface area (Å²) in [5.41, 5.74) is 2.72. The molecule has 154 valence electrons. The average molecular weight is 398 g/mol. The van der Waals surface area contributed by atoms with Crippen LogP contribution in [0.5, 0.6) is 11.5 Å². The summed E-state index contributed by atoms with van der Waals surface area (Å²) >= 11 is 0. The van der Waals surface area contributed by atoms with Gasteiger partial charge in [-0.25, -0.2) is 0 Å². The Morgan fingerprint density at radius 3 is 2.59 bits per heavy atom. The Kier molecular flexibility index (Phi) is 6.32. The number of aryl methyl sites for hydroxylation is 1. The lowest BCUT2D eigenvalue weighted by molar-refractivity contribution is -1.02. The molecule has 6 nitrogen and oxygen atoms in total. The van der Waals surface area contributed by atoms with E-state index in [-0.39, 0.29) is 12.0 Å². The third-order valence-corrected chi connectivity index (χ3v) is 5.71. The third-order valence-electron chi connectivity index (χ3n) is 5.71. The highest BCUT2D eigenvalue weighted by atomic mass is 16.6. The molecule has 0 saturated carbocycles. The van der Waals surface area contributed by atoms with E-state index in [1.54, 1.807) is 4.90 Å². The van der Waals surface area contributed by atoms with Crippen LogP contribution in [0.2, 0.25) is 0 Å². The number of hydrogen-bond donors (Lipinski definition) is 3. The number of amides is 1. The number of piperazine rings is 1. The zero-order chi connectivity index (χ0) is 20.1. The topological polar surface area (TPSA) is 56.4 Å². The second-order valence-corrected chi connectivity index (χ2v) is 8.14. The zero-order valence-corrected chi connectivity index (χ0v) is 17.1. The van der Waals surface area contributed by atoms with E-state index in [1.165, 1.54) is 16.0 Å². The van der Waals surface area contributed by atoms with E-state index in [4.69, 9.17) is 9.47 Å². The number of fused-ring (bicyclic) bond motifs is 1. The summed E-state index contributed by atoms with van der Waals surface area (Å²) in [6.07, 6.45) is -0.139. The van der Waals surface area contributed by atoms with E-state index in [0.717, 1.165) is 44.2 Å². The highest BCUT2D eigenvalue weighted by Gasteiger charge is 2.26. The van der Waals surface area contributed by atoms with Crippen molar-refractivity contribution < 1.29 is 24.1 Å². The summed E-state index contributed by atoms with van der Waals surface area (Å²) in [6, 6.07) is 16.4. The quantitative estimate of drug-likeness (QED) is 0.600. The molecule has 6 heteroatoms. The summed E-state index contributed by atoms with van der Waals surface area (Å²) in [5, 5.41) is 3.02. The van der Waals surface area contributed by atoms with Gasteiger partial charge in [-0.05, 0) is 19.1 Å². The van der Waals surface area contributed by atoms with Gasteiger partial charge in [0.05, 0.1) is 6.54 Å². The minimum absolute atomic E-state index is 0.0876. The van der Waals surface area contributed by atoms with Crippen molar-refractivity contribution in [2.24, 2.45) is 0 Å². The number of carbonyl (C=O) groups excluding carboxylic acids is 1. The van der Waals surface area contributed by atoms with E-state index < -0.39 is 0 Å². The predicted octanol–water partition coefficient (Wildman–Crippen LogP) is -0.765. The number of rotatable bonds is 6. The van der Waals surface area contributed by atoms with Gasteiger partial charge in [0, 0.05) is 5.56 Å². The highest BCUT2D eigenvalue weighted by molar-refractivity contribution is 5.76. The van der Waals surface area contributed by atoms with E-state index in [2.05, 4.69) is 36.5 Å². The van der Waals surface area contributed by atoms with Gasteiger partial charge in [0.25, 0.3) is 5.91 Å². The van der Waals surface area contributed by atoms with E-state index in [0.29, 0.717) is 19.7 Å². The Labute approximate surface area is 172 Å². The van der Waals surface area contributed by atoms with Crippen LogP contribution >= 0.6 is 0 Å². The Balaban J connectivity index is 1.16. The molecule has 0 spiro atoms. The number of nitrogens with one attached hydrogen (secondary N) is 3. The summed E-state index contributed by atoms with van der Waals surface area (Å²) in [6.45, 7) is 8.96. The van der Waals surface area contributed by atoms with Gasteiger partial charge in [-0.1, -0.05) is 42.0 Å². The minimum Gasteiger partial charge on any atom is -0.486 e. The largest absolute Gasteiger partial charge is 0.486 e. The van der Waals surface area contributed by atoms with Crippen molar-refractivity contribution in [3.05, 3.63) is 59.7 Å². The first-order chi connectivity index (χ1) is 14.2. The van der Waals surface area contributed by atoms with Crippen molar-refractivity contribution >= 4 is 5.91 Å². The smallest absolute Gasteiger partial charge is 0.275 e. The van der Waals surface area contributed by atoms with Gasteiger partial charge in [-0.2, -0.15) is 0 Å². The van der Waals surface area contributed by atoms with E-state index in [9.17, 15) is 4.79 Å². The molecular formula is C23H31N3O3+2. The monoisotopic (exact) mass is 397 g/mol. The van der Waals surface area contributed by atoms with Crippen molar-refractivity contribution in [3.63, 3.8) is 0 Å². The number of quaternary nitrogens is 2. The molecule has 2 aromatic carbocycles.